The molecule has 74 valence electrons. The summed E-state index contributed by atoms with van der Waals surface area (Å²) in [5.41, 5.74) is 0. The first-order valence-corrected chi connectivity index (χ1v) is 7.02. The van der Waals surface area contributed by atoms with Crippen LogP contribution in [-0.2, 0) is 0 Å². The summed E-state index contributed by atoms with van der Waals surface area (Å²) in [4.78, 5) is 0. The lowest BCUT2D eigenvalue weighted by atomic mass is 11.0. The summed E-state index contributed by atoms with van der Waals surface area (Å²) < 4.78 is 9.15. The molecule has 14 heavy (non-hydrogen) atoms. The van der Waals surface area contributed by atoms with Crippen molar-refractivity contribution in [2.45, 2.75) is 8.68 Å². The average molecular weight is 264 g/mol. The third kappa shape index (κ3) is 3.12. The zero-order chi connectivity index (χ0) is 9.64. The van der Waals surface area contributed by atoms with E-state index in [0.29, 0.717) is 0 Å². The third-order valence-electron chi connectivity index (χ3n) is 1.10. The summed E-state index contributed by atoms with van der Waals surface area (Å²) in [5.74, 6) is 1.92. The maximum absolute atomic E-state index is 3.82. The molecule has 6 nitrogen and oxygen atoms in total. The summed E-state index contributed by atoms with van der Waals surface area (Å²) in [6.07, 6.45) is 0. The van der Waals surface area contributed by atoms with Gasteiger partial charge < -0.3 is 0 Å². The van der Waals surface area contributed by atoms with Crippen molar-refractivity contribution < 1.29 is 0 Å². The molecule has 2 aromatic rings. The van der Waals surface area contributed by atoms with Crippen LogP contribution in [0.1, 0.15) is 0 Å². The van der Waals surface area contributed by atoms with Crippen LogP contribution in [0, 0.1) is 0 Å². The predicted molar refractivity (Wildman–Crippen MR) is 56.9 cm³/mol. The highest BCUT2D eigenvalue weighted by Crippen LogP contribution is 2.22. The summed E-state index contributed by atoms with van der Waals surface area (Å²) in [6.45, 7) is 0. The first kappa shape index (κ1) is 10.2. The highest BCUT2D eigenvalue weighted by atomic mass is 32.2. The molecule has 0 saturated heterocycles. The molecule has 0 unspecified atom stereocenters. The number of nitrogens with zero attached hydrogens (tertiary/aromatic N) is 6. The molecule has 0 aliphatic heterocycles. The topological polar surface area (TPSA) is 77.3 Å². The van der Waals surface area contributed by atoms with E-state index in [4.69, 9.17) is 0 Å². The van der Waals surface area contributed by atoms with Gasteiger partial charge in [0.15, 0.2) is 8.68 Å². The van der Waals surface area contributed by atoms with Crippen molar-refractivity contribution in [1.29, 1.82) is 0 Å². The van der Waals surface area contributed by atoms with Gasteiger partial charge in [0.25, 0.3) is 0 Å². The van der Waals surface area contributed by atoms with Crippen molar-refractivity contribution in [3.63, 3.8) is 0 Å². The second-order valence-corrected chi connectivity index (χ2v) is 6.10. The van der Waals surface area contributed by atoms with Crippen molar-refractivity contribution in [1.82, 2.24) is 29.6 Å². The SMILES string of the molecule is C(CSc1nnns1)Sc1nnns1. The quantitative estimate of drug-likeness (QED) is 0.586. The fourth-order valence-electron chi connectivity index (χ4n) is 0.621. The van der Waals surface area contributed by atoms with Crippen LogP contribution >= 0.6 is 46.6 Å². The van der Waals surface area contributed by atoms with Crippen LogP contribution in [-0.4, -0.2) is 41.1 Å². The zero-order valence-electron chi connectivity index (χ0n) is 6.73. The zero-order valence-corrected chi connectivity index (χ0v) is 10.00. The van der Waals surface area contributed by atoms with Gasteiger partial charge in [0.05, 0.1) is 0 Å². The smallest absolute Gasteiger partial charge is 0.110 e. The van der Waals surface area contributed by atoms with Crippen LogP contribution in [0.3, 0.4) is 0 Å². The second kappa shape index (κ2) is 5.53. The maximum Gasteiger partial charge on any atom is 0.194 e. The largest absolute Gasteiger partial charge is 0.194 e. The Morgan fingerprint density at radius 2 is 1.36 bits per heavy atom. The normalized spacial score (nSPS) is 10.6. The van der Waals surface area contributed by atoms with E-state index in [1.165, 1.54) is 23.1 Å². The van der Waals surface area contributed by atoms with E-state index in [2.05, 4.69) is 29.6 Å². The molecule has 0 N–H and O–H groups in total. The maximum atomic E-state index is 3.82. The van der Waals surface area contributed by atoms with Gasteiger partial charge in [-0.25, -0.2) is 0 Å². The Hall–Kier alpha value is -0.320. The molecule has 0 radical (unpaired) electrons. The van der Waals surface area contributed by atoms with E-state index in [0.717, 1.165) is 20.2 Å². The number of rotatable bonds is 5. The first-order valence-electron chi connectivity index (χ1n) is 3.51. The number of aromatic nitrogens is 6. The predicted octanol–water partition coefficient (Wildman–Crippen LogP) is 1.06. The van der Waals surface area contributed by atoms with Gasteiger partial charge in [-0.2, -0.15) is 0 Å². The summed E-state index contributed by atoms with van der Waals surface area (Å²) in [6, 6.07) is 0. The Morgan fingerprint density at radius 1 is 0.857 bits per heavy atom. The standard InChI is InChI=1S/C4H4N6S4/c1(11-3-5-7-9-13-3)2-12-4-6-8-10-14-4/h1-2H2. The Bertz CT molecular complexity index is 310. The van der Waals surface area contributed by atoms with Gasteiger partial charge in [-0.3, -0.25) is 0 Å². The van der Waals surface area contributed by atoms with Gasteiger partial charge in [0.1, 0.15) is 0 Å². The Morgan fingerprint density at radius 3 is 1.71 bits per heavy atom. The van der Waals surface area contributed by atoms with Gasteiger partial charge >= 0.3 is 0 Å². The summed E-state index contributed by atoms with van der Waals surface area (Å²) in [7, 11) is 0. The molecule has 0 fully saturated rings. The molecule has 2 rings (SSSR count). The molecule has 0 bridgehead atoms. The second-order valence-electron chi connectivity index (χ2n) is 1.95. The van der Waals surface area contributed by atoms with Gasteiger partial charge in [-0.1, -0.05) is 32.5 Å². The van der Waals surface area contributed by atoms with Gasteiger partial charge in [0, 0.05) is 34.6 Å². The monoisotopic (exact) mass is 264 g/mol. The van der Waals surface area contributed by atoms with E-state index in [1.54, 1.807) is 23.5 Å². The summed E-state index contributed by atoms with van der Waals surface area (Å²) in [5, 5.41) is 14.7. The fourth-order valence-corrected chi connectivity index (χ4v) is 3.38. The van der Waals surface area contributed by atoms with Crippen LogP contribution in [0.15, 0.2) is 8.68 Å². The molecule has 2 heterocycles. The lowest BCUT2D eigenvalue weighted by Crippen LogP contribution is -1.83. The van der Waals surface area contributed by atoms with Crippen LogP contribution in [0.4, 0.5) is 0 Å². The molecular formula is C4H4N6S4. The van der Waals surface area contributed by atoms with Crippen molar-refractivity contribution in [3.05, 3.63) is 0 Å². The highest BCUT2D eigenvalue weighted by molar-refractivity contribution is 8.04. The summed E-state index contributed by atoms with van der Waals surface area (Å²) >= 11 is 5.92. The molecule has 2 aromatic heterocycles. The first-order chi connectivity index (χ1) is 6.95. The molecule has 0 saturated carbocycles. The minimum absolute atomic E-state index is 0.904. The van der Waals surface area contributed by atoms with Gasteiger partial charge in [-0.05, 0) is 10.4 Å². The molecular weight excluding hydrogens is 260 g/mol. The molecule has 0 amide bonds. The van der Waals surface area contributed by atoms with E-state index in [-0.39, 0.29) is 0 Å². The Labute approximate surface area is 96.2 Å². The van der Waals surface area contributed by atoms with E-state index < -0.39 is 0 Å². The van der Waals surface area contributed by atoms with Gasteiger partial charge in [-0.15, -0.1) is 10.2 Å². The van der Waals surface area contributed by atoms with Crippen LogP contribution in [0.25, 0.3) is 0 Å². The van der Waals surface area contributed by atoms with E-state index in [9.17, 15) is 0 Å². The minimum atomic E-state index is 0.904. The van der Waals surface area contributed by atoms with E-state index >= 15 is 0 Å². The van der Waals surface area contributed by atoms with Crippen LogP contribution in [0.5, 0.6) is 0 Å². The Balaban J connectivity index is 1.65. The molecule has 0 aromatic carbocycles. The lowest BCUT2D eigenvalue weighted by Gasteiger charge is -1.93. The minimum Gasteiger partial charge on any atom is -0.110 e. The van der Waals surface area contributed by atoms with Crippen molar-refractivity contribution >= 4 is 46.6 Å². The van der Waals surface area contributed by atoms with E-state index in [1.807, 2.05) is 0 Å². The molecule has 0 atom stereocenters. The number of hydrogen-bond donors (Lipinski definition) is 0. The third-order valence-corrected chi connectivity index (χ3v) is 4.77. The number of thioether (sulfide) groups is 2. The number of hydrogen-bond acceptors (Lipinski definition) is 10. The average Bonchev–Trinajstić information content (AvgIpc) is 2.86. The van der Waals surface area contributed by atoms with Crippen molar-refractivity contribution in [3.8, 4) is 0 Å². The van der Waals surface area contributed by atoms with Gasteiger partial charge in [0.2, 0.25) is 0 Å². The lowest BCUT2D eigenvalue weighted by molar-refractivity contribution is 0.913. The highest BCUT2D eigenvalue weighted by Gasteiger charge is 2.01. The van der Waals surface area contributed by atoms with Crippen LogP contribution < -0.4 is 0 Å². The van der Waals surface area contributed by atoms with Crippen LogP contribution in [0.2, 0.25) is 0 Å². The Kier molecular flexibility index (Phi) is 4.03. The molecule has 10 heteroatoms. The molecule has 0 spiro atoms. The molecule has 0 aliphatic rings. The van der Waals surface area contributed by atoms with Crippen molar-refractivity contribution in [2.75, 3.05) is 11.5 Å². The van der Waals surface area contributed by atoms with Crippen molar-refractivity contribution in [2.24, 2.45) is 0 Å². The fraction of sp³-hybridized carbons (Fsp3) is 0.500. The molecule has 0 aliphatic carbocycles.